The van der Waals surface area contributed by atoms with Crippen LogP contribution < -0.4 is 0 Å². The molecule has 0 amide bonds. The molecule has 0 aliphatic rings. The molecule has 0 bridgehead atoms. The molecule has 1 aromatic heterocycles. The summed E-state index contributed by atoms with van der Waals surface area (Å²) in [5.74, 6) is 0. The third kappa shape index (κ3) is 1.61. The standard InChI is InChI=1S/C11H10NO/c13-7-3-5-10-8-9-4-1-2-6-11(9)12-10/h1-2,4,6,8,12H,3,5H2. The third-order valence-electron chi connectivity index (χ3n) is 2.08. The van der Waals surface area contributed by atoms with E-state index < -0.39 is 0 Å². The van der Waals surface area contributed by atoms with E-state index in [0.717, 1.165) is 17.6 Å². The second-order valence-corrected chi connectivity index (χ2v) is 3.03. The van der Waals surface area contributed by atoms with Crippen LogP contribution in [0, 0.1) is 0 Å². The fraction of sp³-hybridized carbons (Fsp3) is 0.182. The average Bonchev–Trinajstić information content (AvgIpc) is 2.57. The number of hydrogen-bond acceptors (Lipinski definition) is 1. The molecule has 0 spiro atoms. The molecule has 0 aliphatic heterocycles. The molecular formula is C11H10NO. The minimum Gasteiger partial charge on any atom is -0.358 e. The lowest BCUT2D eigenvalue weighted by Crippen LogP contribution is -1.84. The zero-order valence-electron chi connectivity index (χ0n) is 7.21. The summed E-state index contributed by atoms with van der Waals surface area (Å²) in [5, 5.41) is 1.20. The van der Waals surface area contributed by atoms with Gasteiger partial charge in [-0.15, -0.1) is 0 Å². The maximum absolute atomic E-state index is 10.1. The molecule has 0 saturated heterocycles. The fourth-order valence-corrected chi connectivity index (χ4v) is 1.45. The molecule has 1 N–H and O–H groups in total. The molecule has 0 unspecified atom stereocenters. The molecule has 1 heterocycles. The van der Waals surface area contributed by atoms with Gasteiger partial charge < -0.3 is 4.98 Å². The fourth-order valence-electron chi connectivity index (χ4n) is 1.45. The van der Waals surface area contributed by atoms with Gasteiger partial charge >= 0.3 is 0 Å². The van der Waals surface area contributed by atoms with Gasteiger partial charge in [0.05, 0.1) is 0 Å². The maximum atomic E-state index is 10.1. The summed E-state index contributed by atoms with van der Waals surface area (Å²) in [6.45, 7) is 0. The van der Waals surface area contributed by atoms with Crippen molar-refractivity contribution in [2.45, 2.75) is 12.8 Å². The Kier molecular flexibility index (Phi) is 2.13. The molecule has 13 heavy (non-hydrogen) atoms. The SMILES string of the molecule is O=[C]CCc1cc2ccccc2[nH]1. The van der Waals surface area contributed by atoms with Crippen molar-refractivity contribution < 1.29 is 4.79 Å². The monoisotopic (exact) mass is 172 g/mol. The topological polar surface area (TPSA) is 32.9 Å². The highest BCUT2D eigenvalue weighted by Gasteiger charge is 1.98. The Hall–Kier alpha value is -1.57. The van der Waals surface area contributed by atoms with E-state index in [4.69, 9.17) is 0 Å². The first-order chi connectivity index (χ1) is 6.40. The zero-order valence-corrected chi connectivity index (χ0v) is 7.21. The summed E-state index contributed by atoms with van der Waals surface area (Å²) in [4.78, 5) is 13.3. The first kappa shape index (κ1) is 8.05. The molecule has 0 fully saturated rings. The van der Waals surface area contributed by atoms with Crippen molar-refractivity contribution in [1.82, 2.24) is 4.98 Å². The predicted molar refractivity (Wildman–Crippen MR) is 52.3 cm³/mol. The van der Waals surface area contributed by atoms with Crippen LogP contribution in [0.2, 0.25) is 0 Å². The molecule has 2 rings (SSSR count). The number of benzene rings is 1. The smallest absolute Gasteiger partial charge is 0.198 e. The highest BCUT2D eigenvalue weighted by atomic mass is 16.1. The minimum absolute atomic E-state index is 0.465. The normalized spacial score (nSPS) is 10.5. The summed E-state index contributed by atoms with van der Waals surface area (Å²) in [6.07, 6.45) is 3.10. The van der Waals surface area contributed by atoms with E-state index in [-0.39, 0.29) is 0 Å². The number of para-hydroxylation sites is 1. The molecule has 65 valence electrons. The van der Waals surface area contributed by atoms with Gasteiger partial charge in [0.1, 0.15) is 0 Å². The Labute approximate surface area is 76.6 Å². The Bertz CT molecular complexity index is 384. The molecule has 2 nitrogen and oxygen atoms in total. The second-order valence-electron chi connectivity index (χ2n) is 3.03. The van der Waals surface area contributed by atoms with E-state index in [1.807, 2.05) is 24.5 Å². The van der Waals surface area contributed by atoms with Crippen LogP contribution in [0.15, 0.2) is 30.3 Å². The lowest BCUT2D eigenvalue weighted by atomic mass is 10.2. The van der Waals surface area contributed by atoms with Crippen LogP contribution in [-0.4, -0.2) is 11.3 Å². The molecule has 1 radical (unpaired) electrons. The van der Waals surface area contributed by atoms with Gasteiger partial charge in [0, 0.05) is 17.6 Å². The highest BCUT2D eigenvalue weighted by Crippen LogP contribution is 2.15. The summed E-state index contributed by atoms with van der Waals surface area (Å²) >= 11 is 0. The van der Waals surface area contributed by atoms with Gasteiger partial charge in [0.15, 0.2) is 6.29 Å². The predicted octanol–water partition coefficient (Wildman–Crippen LogP) is 2.21. The van der Waals surface area contributed by atoms with E-state index in [9.17, 15) is 4.79 Å². The van der Waals surface area contributed by atoms with Gasteiger partial charge in [0.25, 0.3) is 0 Å². The molecule has 2 heteroatoms. The van der Waals surface area contributed by atoms with Crippen molar-refractivity contribution in [3.05, 3.63) is 36.0 Å². The van der Waals surface area contributed by atoms with E-state index in [2.05, 4.69) is 17.1 Å². The van der Waals surface area contributed by atoms with Crippen LogP contribution in [-0.2, 0) is 11.2 Å². The van der Waals surface area contributed by atoms with Gasteiger partial charge in [-0.3, -0.25) is 4.79 Å². The zero-order chi connectivity index (χ0) is 9.10. The maximum Gasteiger partial charge on any atom is 0.198 e. The molecule has 2 aromatic rings. The molecule has 0 saturated carbocycles. The number of aryl methyl sites for hydroxylation is 1. The van der Waals surface area contributed by atoms with Crippen LogP contribution >= 0.6 is 0 Å². The average molecular weight is 172 g/mol. The van der Waals surface area contributed by atoms with Gasteiger partial charge in [-0.05, 0) is 23.9 Å². The van der Waals surface area contributed by atoms with Crippen LogP contribution in [0.25, 0.3) is 10.9 Å². The van der Waals surface area contributed by atoms with Gasteiger partial charge in [0.2, 0.25) is 0 Å². The first-order valence-electron chi connectivity index (χ1n) is 4.32. The number of fused-ring (bicyclic) bond motifs is 1. The Balaban J connectivity index is 2.32. The van der Waals surface area contributed by atoms with Crippen LogP contribution in [0.4, 0.5) is 0 Å². The number of carbonyl (C=O) groups excluding carboxylic acids is 1. The number of nitrogens with one attached hydrogen (secondary N) is 1. The number of hydrogen-bond donors (Lipinski definition) is 1. The van der Waals surface area contributed by atoms with E-state index in [0.29, 0.717) is 6.42 Å². The minimum atomic E-state index is 0.465. The largest absolute Gasteiger partial charge is 0.358 e. The van der Waals surface area contributed by atoms with E-state index >= 15 is 0 Å². The van der Waals surface area contributed by atoms with Crippen molar-refractivity contribution in [1.29, 1.82) is 0 Å². The number of aromatic amines is 1. The lowest BCUT2D eigenvalue weighted by Gasteiger charge is -1.88. The quantitative estimate of drug-likeness (QED) is 0.756. The summed E-state index contributed by atoms with van der Waals surface area (Å²) in [6, 6.07) is 10.2. The van der Waals surface area contributed by atoms with Crippen LogP contribution in [0.5, 0.6) is 0 Å². The molecule has 0 aliphatic carbocycles. The molecule has 1 aromatic carbocycles. The van der Waals surface area contributed by atoms with E-state index in [1.165, 1.54) is 5.39 Å². The molecule has 0 atom stereocenters. The lowest BCUT2D eigenvalue weighted by molar-refractivity contribution is 0.551. The third-order valence-corrected chi connectivity index (χ3v) is 2.08. The van der Waals surface area contributed by atoms with Crippen molar-refractivity contribution in [2.75, 3.05) is 0 Å². The Morgan fingerprint density at radius 1 is 1.31 bits per heavy atom. The Morgan fingerprint density at radius 2 is 2.15 bits per heavy atom. The van der Waals surface area contributed by atoms with Gasteiger partial charge in [-0.1, -0.05) is 18.2 Å². The van der Waals surface area contributed by atoms with Crippen molar-refractivity contribution >= 4 is 17.2 Å². The van der Waals surface area contributed by atoms with Gasteiger partial charge in [-0.25, -0.2) is 0 Å². The van der Waals surface area contributed by atoms with Gasteiger partial charge in [-0.2, -0.15) is 0 Å². The number of H-pyrrole nitrogens is 1. The van der Waals surface area contributed by atoms with Crippen molar-refractivity contribution in [3.63, 3.8) is 0 Å². The molecular weight excluding hydrogens is 162 g/mol. The second kappa shape index (κ2) is 3.44. The van der Waals surface area contributed by atoms with Crippen molar-refractivity contribution in [2.24, 2.45) is 0 Å². The first-order valence-corrected chi connectivity index (χ1v) is 4.32. The van der Waals surface area contributed by atoms with E-state index in [1.54, 1.807) is 0 Å². The van der Waals surface area contributed by atoms with Crippen molar-refractivity contribution in [3.8, 4) is 0 Å². The number of rotatable bonds is 3. The summed E-state index contributed by atoms with van der Waals surface area (Å²) < 4.78 is 0. The summed E-state index contributed by atoms with van der Waals surface area (Å²) in [7, 11) is 0. The summed E-state index contributed by atoms with van der Waals surface area (Å²) in [5.41, 5.74) is 2.23. The number of aromatic nitrogens is 1. The Morgan fingerprint density at radius 3 is 2.92 bits per heavy atom. The highest BCUT2D eigenvalue weighted by molar-refractivity contribution is 5.80. The van der Waals surface area contributed by atoms with Crippen LogP contribution in [0.3, 0.4) is 0 Å². The van der Waals surface area contributed by atoms with Crippen LogP contribution in [0.1, 0.15) is 12.1 Å².